The van der Waals surface area contributed by atoms with E-state index in [0.29, 0.717) is 35.8 Å². The minimum absolute atomic E-state index is 0.112. The minimum atomic E-state index is -0.293. The smallest absolute Gasteiger partial charge is 0.223 e. The summed E-state index contributed by atoms with van der Waals surface area (Å²) in [5.74, 6) is 2.84. The monoisotopic (exact) mass is 429 g/mol. The van der Waals surface area contributed by atoms with Gasteiger partial charge in [0.25, 0.3) is 0 Å². The Hall–Kier alpha value is -2.69. The van der Waals surface area contributed by atoms with Crippen molar-refractivity contribution in [2.45, 2.75) is 51.5 Å². The van der Waals surface area contributed by atoms with Crippen LogP contribution in [-0.2, 0) is 17.8 Å². The third-order valence-corrected chi connectivity index (χ3v) is 8.89. The second kappa shape index (κ2) is 7.43. The molecule has 5 heteroatoms. The zero-order valence-corrected chi connectivity index (χ0v) is 18.5. The van der Waals surface area contributed by atoms with Gasteiger partial charge in [-0.3, -0.25) is 9.59 Å². The minimum Gasteiger partial charge on any atom is -0.369 e. The Morgan fingerprint density at radius 1 is 1.00 bits per heavy atom. The number of nitrogens with zero attached hydrogens (tertiary/aromatic N) is 2. The van der Waals surface area contributed by atoms with Crippen LogP contribution in [0.2, 0.25) is 0 Å². The fourth-order valence-corrected chi connectivity index (χ4v) is 7.53. The number of amides is 1. The van der Waals surface area contributed by atoms with Crippen LogP contribution in [0.15, 0.2) is 42.5 Å². The van der Waals surface area contributed by atoms with Crippen LogP contribution in [0.1, 0.15) is 60.1 Å². The van der Waals surface area contributed by atoms with Gasteiger partial charge in [-0.1, -0.05) is 30.3 Å². The van der Waals surface area contributed by atoms with Gasteiger partial charge < -0.3 is 10.6 Å². The number of hydrogen-bond donors (Lipinski definition) is 1. The number of nitrogens with two attached hydrogens (primary N) is 1. The van der Waals surface area contributed by atoms with Gasteiger partial charge in [-0.05, 0) is 85.5 Å². The van der Waals surface area contributed by atoms with E-state index in [1.807, 2.05) is 18.2 Å². The Bertz CT molecular complexity index is 1060. The van der Waals surface area contributed by atoms with Crippen molar-refractivity contribution in [2.75, 3.05) is 11.4 Å². The van der Waals surface area contributed by atoms with Crippen LogP contribution < -0.4 is 10.6 Å². The summed E-state index contributed by atoms with van der Waals surface area (Å²) in [6.45, 7) is 1.76. The Morgan fingerprint density at radius 2 is 1.75 bits per heavy atom. The van der Waals surface area contributed by atoms with Crippen LogP contribution in [-0.4, -0.2) is 23.2 Å². The molecular formula is C27H31N3O2. The molecule has 2 heterocycles. The number of fused-ring (bicyclic) bond motifs is 1. The van der Waals surface area contributed by atoms with Crippen molar-refractivity contribution < 1.29 is 9.59 Å². The van der Waals surface area contributed by atoms with Gasteiger partial charge in [-0.2, -0.15) is 0 Å². The third kappa shape index (κ3) is 3.25. The second-order valence-electron chi connectivity index (χ2n) is 10.7. The van der Waals surface area contributed by atoms with Crippen LogP contribution in [0.4, 0.5) is 5.82 Å². The molecule has 0 saturated heterocycles. The number of aromatic nitrogens is 1. The average Bonchev–Trinajstić information content (AvgIpc) is 2.80. The van der Waals surface area contributed by atoms with Gasteiger partial charge in [0, 0.05) is 24.9 Å². The summed E-state index contributed by atoms with van der Waals surface area (Å²) in [5.41, 5.74) is 8.87. The van der Waals surface area contributed by atoms with Crippen LogP contribution in [0.3, 0.4) is 0 Å². The van der Waals surface area contributed by atoms with E-state index in [1.165, 1.54) is 11.1 Å². The SMILES string of the molecule is NC(=O)C12CC3CC(C1)C(CC(=O)c1cccc(N4CCc5ccccc5C4)n1)C(C3)C2. The lowest BCUT2D eigenvalue weighted by Gasteiger charge is -2.59. The molecule has 1 aliphatic heterocycles. The number of anilines is 1. The highest BCUT2D eigenvalue weighted by Crippen LogP contribution is 2.62. The molecule has 7 rings (SSSR count). The van der Waals surface area contributed by atoms with Crippen molar-refractivity contribution in [3.63, 3.8) is 0 Å². The third-order valence-electron chi connectivity index (χ3n) is 8.89. The first-order valence-corrected chi connectivity index (χ1v) is 12.1. The Morgan fingerprint density at radius 3 is 2.50 bits per heavy atom. The van der Waals surface area contributed by atoms with Gasteiger partial charge in [0.2, 0.25) is 5.91 Å². The van der Waals surface area contributed by atoms with Crippen molar-refractivity contribution in [1.82, 2.24) is 4.98 Å². The topological polar surface area (TPSA) is 76.3 Å². The quantitative estimate of drug-likeness (QED) is 0.725. The number of pyridine rings is 1. The molecule has 4 bridgehead atoms. The highest BCUT2D eigenvalue weighted by molar-refractivity contribution is 5.94. The Balaban J connectivity index is 1.18. The van der Waals surface area contributed by atoms with Crippen molar-refractivity contribution in [3.8, 4) is 0 Å². The highest BCUT2D eigenvalue weighted by Gasteiger charge is 2.57. The number of carbonyl (C=O) groups excluding carboxylic acids is 2. The van der Waals surface area contributed by atoms with Gasteiger partial charge >= 0.3 is 0 Å². The summed E-state index contributed by atoms with van der Waals surface area (Å²) in [4.78, 5) is 32.6. The molecule has 4 saturated carbocycles. The molecule has 1 amide bonds. The molecule has 4 aliphatic carbocycles. The van der Waals surface area contributed by atoms with Crippen molar-refractivity contribution in [3.05, 3.63) is 59.3 Å². The maximum absolute atomic E-state index is 13.3. The van der Waals surface area contributed by atoms with Gasteiger partial charge in [-0.15, -0.1) is 0 Å². The van der Waals surface area contributed by atoms with Gasteiger partial charge in [-0.25, -0.2) is 4.98 Å². The van der Waals surface area contributed by atoms with Crippen LogP contribution in [0.25, 0.3) is 0 Å². The van der Waals surface area contributed by atoms with Crippen LogP contribution >= 0.6 is 0 Å². The number of ketones is 1. The molecule has 166 valence electrons. The largest absolute Gasteiger partial charge is 0.369 e. The summed E-state index contributed by atoms with van der Waals surface area (Å²) in [6.07, 6.45) is 6.61. The fraction of sp³-hybridized carbons (Fsp3) is 0.519. The van der Waals surface area contributed by atoms with E-state index in [2.05, 4.69) is 29.2 Å². The molecule has 1 aromatic carbocycles. The highest BCUT2D eigenvalue weighted by atomic mass is 16.1. The molecule has 1 aromatic heterocycles. The molecule has 2 aromatic rings. The summed E-state index contributed by atoms with van der Waals surface area (Å²) in [5, 5.41) is 0. The van der Waals surface area contributed by atoms with E-state index in [4.69, 9.17) is 10.7 Å². The average molecular weight is 430 g/mol. The summed E-state index contributed by atoms with van der Waals surface area (Å²) in [6, 6.07) is 14.4. The predicted octanol–water partition coefficient (Wildman–Crippen LogP) is 4.14. The lowest BCUT2D eigenvalue weighted by atomic mass is 9.45. The number of primary amides is 1. The van der Waals surface area contributed by atoms with Crippen molar-refractivity contribution in [2.24, 2.45) is 34.8 Å². The van der Waals surface area contributed by atoms with E-state index in [-0.39, 0.29) is 17.1 Å². The zero-order chi connectivity index (χ0) is 21.9. The molecule has 32 heavy (non-hydrogen) atoms. The summed E-state index contributed by atoms with van der Waals surface area (Å²) in [7, 11) is 0. The maximum Gasteiger partial charge on any atom is 0.223 e. The molecule has 0 radical (unpaired) electrons. The molecule has 2 atom stereocenters. The fourth-order valence-electron chi connectivity index (χ4n) is 7.53. The number of benzene rings is 1. The molecule has 5 nitrogen and oxygen atoms in total. The van der Waals surface area contributed by atoms with Crippen LogP contribution in [0.5, 0.6) is 0 Å². The predicted molar refractivity (Wildman–Crippen MR) is 123 cm³/mol. The van der Waals surface area contributed by atoms with Crippen molar-refractivity contribution in [1.29, 1.82) is 0 Å². The molecule has 2 N–H and O–H groups in total. The normalized spacial score (nSPS) is 32.6. The standard InChI is InChI=1S/C27H31N3O2/c28-26(32)27-13-17-10-20(14-27)22(21(11-17)15-27)12-24(31)23-6-3-7-25(29-23)30-9-8-18-4-1-2-5-19(18)16-30/h1-7,17,20-22H,8-16H2,(H2,28,32). The first-order valence-electron chi connectivity index (χ1n) is 12.1. The van der Waals surface area contributed by atoms with Crippen molar-refractivity contribution >= 4 is 17.5 Å². The lowest BCUT2D eigenvalue weighted by molar-refractivity contribution is -0.149. The van der Waals surface area contributed by atoms with Gasteiger partial charge in [0.15, 0.2) is 5.78 Å². The second-order valence-corrected chi connectivity index (χ2v) is 10.7. The Kier molecular flexibility index (Phi) is 4.63. The van der Waals surface area contributed by atoms with E-state index in [1.54, 1.807) is 0 Å². The van der Waals surface area contributed by atoms with Crippen LogP contribution in [0, 0.1) is 29.1 Å². The zero-order valence-electron chi connectivity index (χ0n) is 18.5. The molecule has 4 fully saturated rings. The molecular weight excluding hydrogens is 398 g/mol. The number of hydrogen-bond acceptors (Lipinski definition) is 4. The number of Topliss-reactive ketones (excluding diaryl/α,β-unsaturated/α-hetero) is 1. The molecule has 5 aliphatic rings. The van der Waals surface area contributed by atoms with Gasteiger partial charge in [0.05, 0.1) is 0 Å². The lowest BCUT2D eigenvalue weighted by Crippen LogP contribution is -2.56. The Labute approximate surface area is 189 Å². The van der Waals surface area contributed by atoms with E-state index < -0.39 is 0 Å². The summed E-state index contributed by atoms with van der Waals surface area (Å²) >= 11 is 0. The molecule has 2 unspecified atom stereocenters. The maximum atomic E-state index is 13.3. The van der Waals surface area contributed by atoms with E-state index >= 15 is 0 Å². The number of rotatable bonds is 5. The van der Waals surface area contributed by atoms with Gasteiger partial charge in [0.1, 0.15) is 11.5 Å². The number of carbonyl (C=O) groups is 2. The van der Waals surface area contributed by atoms with E-state index in [9.17, 15) is 9.59 Å². The first-order chi connectivity index (χ1) is 15.5. The summed E-state index contributed by atoms with van der Waals surface area (Å²) < 4.78 is 0. The first kappa shape index (κ1) is 20.0. The molecule has 0 spiro atoms. The van der Waals surface area contributed by atoms with E-state index in [0.717, 1.165) is 57.4 Å².